The summed E-state index contributed by atoms with van der Waals surface area (Å²) in [5.74, 6) is 0.631. The van der Waals surface area contributed by atoms with Crippen molar-refractivity contribution < 1.29 is 4.42 Å². The molecule has 2 heterocycles. The van der Waals surface area contributed by atoms with E-state index in [1.165, 1.54) is 20.2 Å². The Labute approximate surface area is 264 Å². The van der Waals surface area contributed by atoms with Crippen molar-refractivity contribution in [3.63, 3.8) is 0 Å². The van der Waals surface area contributed by atoms with E-state index < -0.39 is 0 Å². The Balaban J connectivity index is 1.19. The zero-order valence-electron chi connectivity index (χ0n) is 24.2. The first kappa shape index (κ1) is 25.8. The summed E-state index contributed by atoms with van der Waals surface area (Å²) >= 11 is 1.84. The minimum atomic E-state index is 0.631. The van der Waals surface area contributed by atoms with E-state index in [0.29, 0.717) is 5.89 Å². The molecule has 2 aromatic heterocycles. The average Bonchev–Trinajstić information content (AvgIpc) is 3.72. The lowest BCUT2D eigenvalue weighted by molar-refractivity contribution is 0.621. The number of aromatic nitrogens is 1. The molecule has 212 valence electrons. The predicted molar refractivity (Wildman–Crippen MR) is 190 cm³/mol. The molecule has 0 saturated carbocycles. The summed E-state index contributed by atoms with van der Waals surface area (Å²) in [4.78, 5) is 7.32. The molecule has 0 unspecified atom stereocenters. The number of fused-ring (bicyclic) bond motifs is 6. The smallest absolute Gasteiger partial charge is 0.227 e. The number of hydrogen-bond acceptors (Lipinski definition) is 4. The van der Waals surface area contributed by atoms with Crippen molar-refractivity contribution in [2.45, 2.75) is 0 Å². The summed E-state index contributed by atoms with van der Waals surface area (Å²) < 4.78 is 9.12. The molecule has 9 rings (SSSR count). The van der Waals surface area contributed by atoms with Crippen molar-refractivity contribution >= 4 is 70.4 Å². The summed E-state index contributed by atoms with van der Waals surface area (Å²) in [6.07, 6.45) is 0. The molecule has 0 amide bonds. The van der Waals surface area contributed by atoms with Crippen molar-refractivity contribution in [3.8, 4) is 22.6 Å². The fourth-order valence-corrected chi connectivity index (χ4v) is 7.42. The summed E-state index contributed by atoms with van der Waals surface area (Å²) in [5, 5.41) is 4.80. The second-order valence-electron chi connectivity index (χ2n) is 11.2. The third kappa shape index (κ3) is 4.38. The number of hydrogen-bond donors (Lipinski definition) is 0. The molecule has 0 fully saturated rings. The fourth-order valence-electron chi connectivity index (χ4n) is 6.33. The van der Waals surface area contributed by atoms with Gasteiger partial charge in [-0.1, -0.05) is 91.0 Å². The molecule has 7 aromatic carbocycles. The Morgan fingerprint density at radius 3 is 1.96 bits per heavy atom. The zero-order chi connectivity index (χ0) is 29.7. The first-order valence-corrected chi connectivity index (χ1v) is 15.9. The van der Waals surface area contributed by atoms with E-state index in [2.05, 4.69) is 132 Å². The van der Waals surface area contributed by atoms with Gasteiger partial charge in [0.25, 0.3) is 0 Å². The van der Waals surface area contributed by atoms with Crippen LogP contribution < -0.4 is 4.90 Å². The highest BCUT2D eigenvalue weighted by atomic mass is 32.1. The molecule has 9 aromatic rings. The summed E-state index contributed by atoms with van der Waals surface area (Å²) in [7, 11) is 0. The van der Waals surface area contributed by atoms with Gasteiger partial charge in [0.1, 0.15) is 5.52 Å². The minimum absolute atomic E-state index is 0.631. The van der Waals surface area contributed by atoms with E-state index in [4.69, 9.17) is 9.40 Å². The van der Waals surface area contributed by atoms with Crippen LogP contribution in [-0.4, -0.2) is 4.98 Å². The van der Waals surface area contributed by atoms with Crippen LogP contribution in [0.3, 0.4) is 0 Å². The maximum Gasteiger partial charge on any atom is 0.227 e. The van der Waals surface area contributed by atoms with Crippen molar-refractivity contribution in [3.05, 3.63) is 158 Å². The molecule has 45 heavy (non-hydrogen) atoms. The Bertz CT molecular complexity index is 2480. The number of rotatable bonds is 5. The van der Waals surface area contributed by atoms with E-state index >= 15 is 0 Å². The Kier molecular flexibility index (Phi) is 6.00. The van der Waals surface area contributed by atoms with Gasteiger partial charge in [-0.25, -0.2) is 4.98 Å². The van der Waals surface area contributed by atoms with Crippen LogP contribution >= 0.6 is 11.3 Å². The van der Waals surface area contributed by atoms with Crippen molar-refractivity contribution in [2.75, 3.05) is 4.90 Å². The van der Waals surface area contributed by atoms with Gasteiger partial charge >= 0.3 is 0 Å². The number of nitrogens with zero attached hydrogens (tertiary/aromatic N) is 2. The van der Waals surface area contributed by atoms with Crippen LogP contribution in [0.25, 0.3) is 64.6 Å². The van der Waals surface area contributed by atoms with E-state index in [0.717, 1.165) is 55.6 Å². The van der Waals surface area contributed by atoms with Crippen LogP contribution in [-0.2, 0) is 0 Å². The van der Waals surface area contributed by atoms with Crippen LogP contribution in [0.1, 0.15) is 0 Å². The maximum absolute atomic E-state index is 6.51. The zero-order valence-corrected chi connectivity index (χ0v) is 25.0. The predicted octanol–water partition coefficient (Wildman–Crippen LogP) is 12.2. The molecule has 0 aliphatic rings. The van der Waals surface area contributed by atoms with Gasteiger partial charge in [0.05, 0.1) is 0 Å². The van der Waals surface area contributed by atoms with Gasteiger partial charge in [0.15, 0.2) is 5.58 Å². The SMILES string of the molecule is c1ccc(-c2nc3c(o2)c(-c2ccc(N(c4ccccc4)c4ccc5sc6ccccc6c5c4)cc2)cc2ccccc23)cc1. The Hall–Kier alpha value is -5.71. The standard InChI is InChI=1S/C41H26N2OS/c1-3-11-28(12-4-1)41-42-39-33-16-8-7-13-29(33)25-35(40(39)44-41)27-19-21-31(22-20-27)43(30-14-5-2-6-15-30)32-23-24-38-36(26-32)34-17-9-10-18-37(34)45-38/h1-26H. The Morgan fingerprint density at radius 1 is 0.489 bits per heavy atom. The van der Waals surface area contributed by atoms with Crippen LogP contribution in [0.5, 0.6) is 0 Å². The Morgan fingerprint density at radius 2 is 1.13 bits per heavy atom. The average molecular weight is 595 g/mol. The van der Waals surface area contributed by atoms with Crippen molar-refractivity contribution in [1.29, 1.82) is 0 Å². The molecule has 0 spiro atoms. The number of thiophene rings is 1. The van der Waals surface area contributed by atoms with Gasteiger partial charge in [-0.15, -0.1) is 11.3 Å². The van der Waals surface area contributed by atoms with Gasteiger partial charge in [0, 0.05) is 53.7 Å². The highest BCUT2D eigenvalue weighted by molar-refractivity contribution is 7.25. The van der Waals surface area contributed by atoms with E-state index in [1.807, 2.05) is 41.7 Å². The summed E-state index contributed by atoms with van der Waals surface area (Å²) in [6.45, 7) is 0. The molecule has 0 aliphatic heterocycles. The topological polar surface area (TPSA) is 29.3 Å². The molecule has 3 nitrogen and oxygen atoms in total. The van der Waals surface area contributed by atoms with Crippen LogP contribution in [0.15, 0.2) is 162 Å². The first-order chi connectivity index (χ1) is 22.3. The molecule has 0 bridgehead atoms. The quantitative estimate of drug-likeness (QED) is 0.198. The van der Waals surface area contributed by atoms with Crippen LogP contribution in [0.2, 0.25) is 0 Å². The number of para-hydroxylation sites is 1. The first-order valence-electron chi connectivity index (χ1n) is 15.0. The maximum atomic E-state index is 6.51. The second-order valence-corrected chi connectivity index (χ2v) is 12.3. The number of benzene rings is 7. The third-order valence-electron chi connectivity index (χ3n) is 8.48. The number of anilines is 3. The third-order valence-corrected chi connectivity index (χ3v) is 9.63. The van der Waals surface area contributed by atoms with Crippen LogP contribution in [0, 0.1) is 0 Å². The van der Waals surface area contributed by atoms with Crippen molar-refractivity contribution in [1.82, 2.24) is 4.98 Å². The van der Waals surface area contributed by atoms with Crippen molar-refractivity contribution in [2.24, 2.45) is 0 Å². The fraction of sp³-hybridized carbons (Fsp3) is 0. The van der Waals surface area contributed by atoms with E-state index in [-0.39, 0.29) is 0 Å². The number of oxazole rings is 1. The lowest BCUT2D eigenvalue weighted by Gasteiger charge is -2.26. The largest absolute Gasteiger partial charge is 0.435 e. The van der Waals surface area contributed by atoms with Crippen LogP contribution in [0.4, 0.5) is 17.1 Å². The minimum Gasteiger partial charge on any atom is -0.435 e. The second kappa shape index (κ2) is 10.5. The van der Waals surface area contributed by atoms with Gasteiger partial charge in [-0.3, -0.25) is 0 Å². The molecule has 0 N–H and O–H groups in total. The molecule has 0 saturated heterocycles. The highest BCUT2D eigenvalue weighted by Crippen LogP contribution is 2.42. The van der Waals surface area contributed by atoms with E-state index in [1.54, 1.807) is 0 Å². The van der Waals surface area contributed by atoms with E-state index in [9.17, 15) is 0 Å². The van der Waals surface area contributed by atoms with Gasteiger partial charge < -0.3 is 9.32 Å². The normalized spacial score (nSPS) is 11.6. The molecule has 0 aliphatic carbocycles. The van der Waals surface area contributed by atoms with Gasteiger partial charge in [-0.2, -0.15) is 0 Å². The molecular formula is C41H26N2OS. The lowest BCUT2D eigenvalue weighted by atomic mass is 9.99. The molecule has 0 atom stereocenters. The molecule has 0 radical (unpaired) electrons. The molecular weight excluding hydrogens is 569 g/mol. The highest BCUT2D eigenvalue weighted by Gasteiger charge is 2.18. The monoisotopic (exact) mass is 594 g/mol. The summed E-state index contributed by atoms with van der Waals surface area (Å²) in [6, 6.07) is 55.5. The van der Waals surface area contributed by atoms with Gasteiger partial charge in [-0.05, 0) is 77.7 Å². The van der Waals surface area contributed by atoms with Gasteiger partial charge in [0.2, 0.25) is 5.89 Å². The summed E-state index contributed by atoms with van der Waals surface area (Å²) in [5.41, 5.74) is 8.08. The molecule has 4 heteroatoms. The lowest BCUT2D eigenvalue weighted by Crippen LogP contribution is -2.09.